The van der Waals surface area contributed by atoms with Crippen LogP contribution in [0.1, 0.15) is 16.0 Å². The van der Waals surface area contributed by atoms with E-state index in [4.69, 9.17) is 46.4 Å². The first-order valence-electron chi connectivity index (χ1n) is 4.78. The molecule has 0 spiro atoms. The molecule has 0 aliphatic heterocycles. The van der Waals surface area contributed by atoms with Crippen molar-refractivity contribution in [1.82, 2.24) is 0 Å². The summed E-state index contributed by atoms with van der Waals surface area (Å²) >= 11 is 27.3. The molecule has 2 rings (SSSR count). The molecular formula is C12H7BrCl4. The third-order valence-electron chi connectivity index (χ3n) is 2.50. The van der Waals surface area contributed by atoms with Crippen LogP contribution >= 0.6 is 62.3 Å². The third kappa shape index (κ3) is 2.85. The zero-order chi connectivity index (χ0) is 12.6. The Morgan fingerprint density at radius 1 is 0.941 bits per heavy atom. The van der Waals surface area contributed by atoms with Gasteiger partial charge in [0, 0.05) is 5.56 Å². The lowest BCUT2D eigenvalue weighted by molar-refractivity contribution is 1.31. The molecule has 0 aromatic heterocycles. The predicted molar refractivity (Wildman–Crippen MR) is 80.7 cm³/mol. The minimum Gasteiger partial charge on any atom is -0.100 e. The summed E-state index contributed by atoms with van der Waals surface area (Å²) in [5, 5.41) is 1.88. The van der Waals surface area contributed by atoms with E-state index in [1.807, 2.05) is 36.4 Å². The summed E-state index contributed by atoms with van der Waals surface area (Å²) in [4.78, 5) is -0.579. The molecule has 17 heavy (non-hydrogen) atoms. The van der Waals surface area contributed by atoms with E-state index in [1.54, 1.807) is 0 Å². The van der Waals surface area contributed by atoms with E-state index in [0.29, 0.717) is 0 Å². The molecule has 5 heteroatoms. The molecule has 0 aliphatic rings. The molecule has 0 fully saturated rings. The van der Waals surface area contributed by atoms with Gasteiger partial charge in [-0.1, -0.05) is 59.6 Å². The maximum Gasteiger partial charge on any atom is 0.197 e. The Labute approximate surface area is 128 Å². The molecule has 90 valence electrons. The summed E-state index contributed by atoms with van der Waals surface area (Å²) in [6, 6.07) is 11.4. The summed E-state index contributed by atoms with van der Waals surface area (Å²) in [6.45, 7) is 0. The van der Waals surface area contributed by atoms with E-state index in [9.17, 15) is 0 Å². The lowest BCUT2D eigenvalue weighted by Gasteiger charge is -2.16. The predicted octanol–water partition coefficient (Wildman–Crippen LogP) is 6.30. The zero-order valence-corrected chi connectivity index (χ0v) is 13.0. The SMILES string of the molecule is ClC(Cl)c1cccc2c(C(Cl)(Cl)Br)cccc12. The van der Waals surface area contributed by atoms with E-state index in [0.717, 1.165) is 21.9 Å². The van der Waals surface area contributed by atoms with Gasteiger partial charge in [-0.3, -0.25) is 0 Å². The van der Waals surface area contributed by atoms with Crippen molar-refractivity contribution in [2.45, 2.75) is 8.08 Å². The molecule has 0 N–H and O–H groups in total. The lowest BCUT2D eigenvalue weighted by Crippen LogP contribution is -2.00. The van der Waals surface area contributed by atoms with Crippen LogP contribution in [0.3, 0.4) is 0 Å². The van der Waals surface area contributed by atoms with E-state index < -0.39 is 8.08 Å². The number of alkyl halides is 5. The Hall–Kier alpha value is 0.340. The van der Waals surface area contributed by atoms with Gasteiger partial charge in [0.05, 0.1) is 0 Å². The number of benzene rings is 2. The van der Waals surface area contributed by atoms with E-state index in [1.165, 1.54) is 0 Å². The van der Waals surface area contributed by atoms with Crippen molar-refractivity contribution >= 4 is 73.1 Å². The van der Waals surface area contributed by atoms with E-state index in [-0.39, 0.29) is 0 Å². The van der Waals surface area contributed by atoms with Crippen LogP contribution in [-0.4, -0.2) is 0 Å². The van der Waals surface area contributed by atoms with Gasteiger partial charge in [0.25, 0.3) is 0 Å². The van der Waals surface area contributed by atoms with Gasteiger partial charge in [-0.05, 0) is 32.3 Å². The average molecular weight is 373 g/mol. The summed E-state index contributed by atoms with van der Waals surface area (Å²) in [6.07, 6.45) is 0. The number of rotatable bonds is 2. The second-order valence-corrected chi connectivity index (χ2v) is 8.07. The van der Waals surface area contributed by atoms with Crippen LogP contribution in [0.2, 0.25) is 0 Å². The van der Waals surface area contributed by atoms with E-state index >= 15 is 0 Å². The minimum absolute atomic E-state index is 0.579. The van der Waals surface area contributed by atoms with Gasteiger partial charge in [-0.25, -0.2) is 0 Å². The van der Waals surface area contributed by atoms with Gasteiger partial charge in [0.2, 0.25) is 0 Å². The van der Waals surface area contributed by atoms with Crippen LogP contribution in [0.5, 0.6) is 0 Å². The Bertz CT molecular complexity index is 546. The summed E-state index contributed by atoms with van der Waals surface area (Å²) < 4.78 is -1.13. The molecule has 0 radical (unpaired) electrons. The van der Waals surface area contributed by atoms with Gasteiger partial charge < -0.3 is 0 Å². The standard InChI is InChI=1S/C12H7BrCl4/c13-12(16,17)10-6-2-3-7-8(10)4-1-5-9(7)11(14)15/h1-6,11H. The highest BCUT2D eigenvalue weighted by molar-refractivity contribution is 9.10. The maximum absolute atomic E-state index is 6.09. The molecule has 0 unspecified atom stereocenters. The van der Waals surface area contributed by atoms with Crippen molar-refractivity contribution in [3.05, 3.63) is 47.5 Å². The molecule has 0 heterocycles. The fraction of sp³-hybridized carbons (Fsp3) is 0.167. The van der Waals surface area contributed by atoms with Crippen LogP contribution in [0.15, 0.2) is 36.4 Å². The second-order valence-electron chi connectivity index (χ2n) is 3.55. The van der Waals surface area contributed by atoms with Crippen LogP contribution in [0.25, 0.3) is 10.8 Å². The molecule has 0 saturated heterocycles. The smallest absolute Gasteiger partial charge is 0.100 e. The normalized spacial score (nSPS) is 12.4. The Balaban J connectivity index is 2.79. The molecule has 0 nitrogen and oxygen atoms in total. The zero-order valence-electron chi connectivity index (χ0n) is 8.43. The molecule has 0 saturated carbocycles. The quantitative estimate of drug-likeness (QED) is 0.543. The molecule has 2 aromatic carbocycles. The molecule has 0 aliphatic carbocycles. The Morgan fingerprint density at radius 2 is 1.53 bits per heavy atom. The first-order valence-corrected chi connectivity index (χ1v) is 7.20. The summed E-state index contributed by atoms with van der Waals surface area (Å²) in [7, 11) is 0. The van der Waals surface area contributed by atoms with Gasteiger partial charge in [-0.15, -0.1) is 23.2 Å². The van der Waals surface area contributed by atoms with Crippen LogP contribution in [0.4, 0.5) is 0 Å². The van der Waals surface area contributed by atoms with Gasteiger partial charge >= 0.3 is 0 Å². The monoisotopic (exact) mass is 370 g/mol. The summed E-state index contributed by atoms with van der Waals surface area (Å²) in [5.74, 6) is 0. The minimum atomic E-state index is -1.13. The average Bonchev–Trinajstić information content (AvgIpc) is 2.26. The van der Waals surface area contributed by atoms with Crippen molar-refractivity contribution in [1.29, 1.82) is 0 Å². The van der Waals surface area contributed by atoms with Crippen molar-refractivity contribution in [3.63, 3.8) is 0 Å². The Kier molecular flexibility index (Phi) is 4.16. The van der Waals surface area contributed by atoms with Crippen molar-refractivity contribution in [2.75, 3.05) is 0 Å². The summed E-state index contributed by atoms with van der Waals surface area (Å²) in [5.41, 5.74) is 1.62. The lowest BCUT2D eigenvalue weighted by atomic mass is 10.0. The molecular weight excluding hydrogens is 366 g/mol. The Morgan fingerprint density at radius 3 is 2.12 bits per heavy atom. The van der Waals surface area contributed by atoms with Crippen LogP contribution in [0, 0.1) is 0 Å². The molecule has 2 aromatic rings. The number of hydrogen-bond acceptors (Lipinski definition) is 0. The second kappa shape index (κ2) is 5.14. The topological polar surface area (TPSA) is 0 Å². The first kappa shape index (κ1) is 13.8. The largest absolute Gasteiger partial charge is 0.197 e. The molecule has 0 atom stereocenters. The van der Waals surface area contributed by atoms with Crippen molar-refractivity contribution in [2.24, 2.45) is 0 Å². The third-order valence-corrected chi connectivity index (χ3v) is 3.80. The molecule has 0 amide bonds. The highest BCUT2D eigenvalue weighted by Crippen LogP contribution is 2.44. The number of hydrogen-bond donors (Lipinski definition) is 0. The fourth-order valence-corrected chi connectivity index (χ4v) is 2.83. The van der Waals surface area contributed by atoms with Crippen molar-refractivity contribution in [3.8, 4) is 0 Å². The first-order chi connectivity index (χ1) is 7.91. The van der Waals surface area contributed by atoms with Crippen LogP contribution < -0.4 is 0 Å². The maximum atomic E-state index is 6.09. The van der Waals surface area contributed by atoms with E-state index in [2.05, 4.69) is 15.9 Å². The number of halogens is 5. The van der Waals surface area contributed by atoms with Crippen LogP contribution in [-0.2, 0) is 3.24 Å². The van der Waals surface area contributed by atoms with Gasteiger partial charge in [-0.2, -0.15) is 0 Å². The van der Waals surface area contributed by atoms with Crippen molar-refractivity contribution < 1.29 is 0 Å². The molecule has 0 bridgehead atoms. The highest BCUT2D eigenvalue weighted by Gasteiger charge is 2.24. The van der Waals surface area contributed by atoms with Gasteiger partial charge in [0.1, 0.15) is 4.84 Å². The van der Waals surface area contributed by atoms with Gasteiger partial charge in [0.15, 0.2) is 3.24 Å². The highest BCUT2D eigenvalue weighted by atomic mass is 79.9. The fourth-order valence-electron chi connectivity index (χ4n) is 1.77. The number of fused-ring (bicyclic) bond motifs is 1.